The van der Waals surface area contributed by atoms with Crippen LogP contribution in [-0.4, -0.2) is 66.2 Å². The molecule has 0 rings (SSSR count). The molecule has 0 bridgehead atoms. The number of thioether (sulfide) groups is 1. The first-order valence-corrected chi connectivity index (χ1v) is 8.42. The summed E-state index contributed by atoms with van der Waals surface area (Å²) in [7, 11) is 0. The van der Waals surface area contributed by atoms with Gasteiger partial charge in [-0.1, -0.05) is 13.8 Å². The van der Waals surface area contributed by atoms with Crippen molar-refractivity contribution in [2.24, 2.45) is 0 Å². The summed E-state index contributed by atoms with van der Waals surface area (Å²) < 4.78 is 0. The number of rotatable bonds is 11. The van der Waals surface area contributed by atoms with E-state index in [4.69, 9.17) is 5.11 Å². The second kappa shape index (κ2) is 11.8. The maximum absolute atomic E-state index is 11.6. The maximum atomic E-state index is 11.6. The van der Waals surface area contributed by atoms with E-state index in [1.807, 2.05) is 6.26 Å². The number of aliphatic carboxylic acids is 1. The minimum atomic E-state index is -0.990. The number of carboxylic acid groups (broad SMARTS) is 1. The number of hydrogen-bond acceptors (Lipinski definition) is 4. The van der Waals surface area contributed by atoms with E-state index in [1.54, 1.807) is 11.8 Å². The van der Waals surface area contributed by atoms with Crippen molar-refractivity contribution in [2.45, 2.75) is 32.7 Å². The summed E-state index contributed by atoms with van der Waals surface area (Å²) in [5, 5.41) is 14.2. The van der Waals surface area contributed by atoms with Crippen LogP contribution in [0.4, 0.5) is 4.79 Å². The monoisotopic (exact) mass is 305 g/mol. The van der Waals surface area contributed by atoms with Crippen LogP contribution in [0.2, 0.25) is 0 Å². The Morgan fingerprint density at radius 1 is 1.30 bits per heavy atom. The molecule has 20 heavy (non-hydrogen) atoms. The van der Waals surface area contributed by atoms with Crippen molar-refractivity contribution in [3.8, 4) is 0 Å². The topological polar surface area (TPSA) is 81.7 Å². The van der Waals surface area contributed by atoms with Crippen molar-refractivity contribution in [2.75, 3.05) is 38.2 Å². The number of carboxylic acids is 1. The van der Waals surface area contributed by atoms with Gasteiger partial charge < -0.3 is 20.6 Å². The molecule has 0 radical (unpaired) electrons. The van der Waals surface area contributed by atoms with E-state index in [2.05, 4.69) is 29.4 Å². The van der Waals surface area contributed by atoms with Gasteiger partial charge in [-0.2, -0.15) is 11.8 Å². The van der Waals surface area contributed by atoms with Crippen molar-refractivity contribution in [3.05, 3.63) is 0 Å². The standard InChI is InChI=1S/C13H27N3O3S/c1-4-8-16(5-2)9-7-14-13(19)15-11(12(17)18)6-10-20-3/h11H,4-10H2,1-3H3,(H,17,18)(H2,14,15,19)/t11-/m1/s1. The zero-order valence-corrected chi connectivity index (χ0v) is 13.5. The molecule has 118 valence electrons. The van der Waals surface area contributed by atoms with Gasteiger partial charge in [0.25, 0.3) is 0 Å². The molecule has 0 aliphatic heterocycles. The Hall–Kier alpha value is -0.950. The van der Waals surface area contributed by atoms with Gasteiger partial charge >= 0.3 is 12.0 Å². The average molecular weight is 305 g/mol. The number of nitrogens with zero attached hydrogens (tertiary/aromatic N) is 1. The molecule has 7 heteroatoms. The molecule has 3 N–H and O–H groups in total. The van der Waals surface area contributed by atoms with Crippen molar-refractivity contribution >= 4 is 23.8 Å². The van der Waals surface area contributed by atoms with E-state index in [0.29, 0.717) is 18.7 Å². The summed E-state index contributed by atoms with van der Waals surface area (Å²) >= 11 is 1.56. The lowest BCUT2D eigenvalue weighted by Crippen LogP contribution is -2.47. The van der Waals surface area contributed by atoms with Crippen LogP contribution in [0, 0.1) is 0 Å². The second-order valence-electron chi connectivity index (χ2n) is 4.51. The van der Waals surface area contributed by atoms with Gasteiger partial charge in [0.15, 0.2) is 0 Å². The Kier molecular flexibility index (Phi) is 11.3. The van der Waals surface area contributed by atoms with Gasteiger partial charge in [0.1, 0.15) is 6.04 Å². The minimum absolute atomic E-state index is 0.411. The van der Waals surface area contributed by atoms with Gasteiger partial charge in [-0.3, -0.25) is 0 Å². The summed E-state index contributed by atoms with van der Waals surface area (Å²) in [5.74, 6) is -0.285. The van der Waals surface area contributed by atoms with E-state index in [9.17, 15) is 9.59 Å². The lowest BCUT2D eigenvalue weighted by atomic mass is 10.2. The first kappa shape index (κ1) is 19.1. The molecule has 0 saturated carbocycles. The van der Waals surface area contributed by atoms with E-state index in [0.717, 1.165) is 26.1 Å². The molecule has 0 aromatic carbocycles. The highest BCUT2D eigenvalue weighted by Crippen LogP contribution is 2.00. The number of carbonyl (C=O) groups excluding carboxylic acids is 1. The minimum Gasteiger partial charge on any atom is -0.480 e. The molecule has 0 aliphatic carbocycles. The Morgan fingerprint density at radius 3 is 2.50 bits per heavy atom. The molecular formula is C13H27N3O3S. The number of amides is 2. The summed E-state index contributed by atoms with van der Waals surface area (Å²) in [6.45, 7) is 7.45. The van der Waals surface area contributed by atoms with Gasteiger partial charge in [-0.15, -0.1) is 0 Å². The van der Waals surface area contributed by atoms with E-state index in [1.165, 1.54) is 0 Å². The van der Waals surface area contributed by atoms with Crippen molar-refractivity contribution in [1.82, 2.24) is 15.5 Å². The van der Waals surface area contributed by atoms with Gasteiger partial charge in [-0.05, 0) is 37.9 Å². The number of carbonyl (C=O) groups is 2. The molecule has 0 fully saturated rings. The quantitative estimate of drug-likeness (QED) is 0.535. The maximum Gasteiger partial charge on any atom is 0.326 e. The van der Waals surface area contributed by atoms with Gasteiger partial charge in [0.2, 0.25) is 0 Å². The van der Waals surface area contributed by atoms with Crippen LogP contribution in [0.25, 0.3) is 0 Å². The first-order valence-electron chi connectivity index (χ1n) is 7.03. The Morgan fingerprint density at radius 2 is 2.00 bits per heavy atom. The predicted octanol–water partition coefficient (Wildman–Crippen LogP) is 1.22. The lowest BCUT2D eigenvalue weighted by molar-refractivity contribution is -0.139. The van der Waals surface area contributed by atoms with Crippen LogP contribution in [0.15, 0.2) is 0 Å². The number of likely N-dealkylation sites (N-methyl/N-ethyl adjacent to an activating group) is 1. The Bertz CT molecular complexity index is 290. The molecule has 0 aromatic rings. The van der Waals surface area contributed by atoms with E-state index < -0.39 is 18.0 Å². The molecule has 6 nitrogen and oxygen atoms in total. The smallest absolute Gasteiger partial charge is 0.326 e. The molecule has 0 unspecified atom stereocenters. The van der Waals surface area contributed by atoms with Gasteiger partial charge in [-0.25, -0.2) is 9.59 Å². The zero-order valence-electron chi connectivity index (χ0n) is 12.6. The SMILES string of the molecule is CCCN(CC)CCNC(=O)N[C@H](CCSC)C(=O)O. The third-order valence-electron chi connectivity index (χ3n) is 2.91. The van der Waals surface area contributed by atoms with Crippen molar-refractivity contribution < 1.29 is 14.7 Å². The highest BCUT2D eigenvalue weighted by atomic mass is 32.2. The normalized spacial score (nSPS) is 12.2. The summed E-state index contributed by atoms with van der Waals surface area (Å²) in [6.07, 6.45) is 3.42. The number of nitrogens with one attached hydrogen (secondary N) is 2. The van der Waals surface area contributed by atoms with Crippen LogP contribution in [-0.2, 0) is 4.79 Å². The average Bonchev–Trinajstić information content (AvgIpc) is 2.42. The van der Waals surface area contributed by atoms with E-state index >= 15 is 0 Å². The third-order valence-corrected chi connectivity index (χ3v) is 3.56. The van der Waals surface area contributed by atoms with Crippen LogP contribution in [0.5, 0.6) is 0 Å². The Balaban J connectivity index is 3.97. The number of urea groups is 1. The third kappa shape index (κ3) is 9.03. The fourth-order valence-corrected chi connectivity index (χ4v) is 2.25. The summed E-state index contributed by atoms with van der Waals surface area (Å²) in [6, 6.07) is -1.23. The van der Waals surface area contributed by atoms with Crippen molar-refractivity contribution in [1.29, 1.82) is 0 Å². The van der Waals surface area contributed by atoms with Crippen LogP contribution in [0.3, 0.4) is 0 Å². The van der Waals surface area contributed by atoms with Crippen LogP contribution in [0.1, 0.15) is 26.7 Å². The summed E-state index contributed by atoms with van der Waals surface area (Å²) in [4.78, 5) is 24.9. The fraction of sp³-hybridized carbons (Fsp3) is 0.846. The predicted molar refractivity (Wildman–Crippen MR) is 83.4 cm³/mol. The molecule has 0 spiro atoms. The second-order valence-corrected chi connectivity index (χ2v) is 5.49. The zero-order chi connectivity index (χ0) is 15.4. The first-order chi connectivity index (χ1) is 9.54. The highest BCUT2D eigenvalue weighted by molar-refractivity contribution is 7.98. The van der Waals surface area contributed by atoms with Crippen LogP contribution >= 0.6 is 11.8 Å². The lowest BCUT2D eigenvalue weighted by Gasteiger charge is -2.20. The van der Waals surface area contributed by atoms with Gasteiger partial charge in [0.05, 0.1) is 0 Å². The summed E-state index contributed by atoms with van der Waals surface area (Å²) in [5.41, 5.74) is 0. The Labute approximate surface area is 125 Å². The molecule has 0 aliphatic rings. The molecular weight excluding hydrogens is 278 g/mol. The van der Waals surface area contributed by atoms with Crippen molar-refractivity contribution in [3.63, 3.8) is 0 Å². The molecule has 0 heterocycles. The number of hydrogen-bond donors (Lipinski definition) is 3. The molecule has 0 saturated heterocycles. The van der Waals surface area contributed by atoms with E-state index in [-0.39, 0.29) is 0 Å². The fourth-order valence-electron chi connectivity index (χ4n) is 1.77. The molecule has 2 amide bonds. The largest absolute Gasteiger partial charge is 0.480 e. The molecule has 1 atom stereocenters. The molecule has 0 aromatic heterocycles. The van der Waals surface area contributed by atoms with Crippen LogP contribution < -0.4 is 10.6 Å². The highest BCUT2D eigenvalue weighted by Gasteiger charge is 2.18. The van der Waals surface area contributed by atoms with Gasteiger partial charge in [0, 0.05) is 13.1 Å².